The first-order valence-electron chi connectivity index (χ1n) is 6.31. The molecule has 0 spiro atoms. The Hall–Kier alpha value is -1.38. The zero-order valence-electron chi connectivity index (χ0n) is 10.7. The van der Waals surface area contributed by atoms with E-state index in [1.54, 1.807) is 0 Å². The van der Waals surface area contributed by atoms with Crippen LogP contribution in [0.5, 0.6) is 0 Å². The van der Waals surface area contributed by atoms with Crippen molar-refractivity contribution < 1.29 is 9.50 Å². The summed E-state index contributed by atoms with van der Waals surface area (Å²) in [5.41, 5.74) is -0.110. The zero-order chi connectivity index (χ0) is 13.9. The molecule has 1 unspecified atom stereocenters. The highest BCUT2D eigenvalue weighted by Gasteiger charge is 2.32. The normalized spacial score (nSPS) is 14.1. The number of hydrogen-bond acceptors (Lipinski definition) is 1. The van der Waals surface area contributed by atoms with E-state index < -0.39 is 11.4 Å². The van der Waals surface area contributed by atoms with Gasteiger partial charge in [-0.25, -0.2) is 4.39 Å². The smallest absolute Gasteiger partial charge is 0.123 e. The van der Waals surface area contributed by atoms with E-state index in [1.807, 2.05) is 37.3 Å². The molecule has 0 aromatic heterocycles. The summed E-state index contributed by atoms with van der Waals surface area (Å²) in [7, 11) is 0. The summed E-state index contributed by atoms with van der Waals surface area (Å²) in [6, 6.07) is 13.3. The first-order valence-corrected chi connectivity index (χ1v) is 6.69. The van der Waals surface area contributed by atoms with Gasteiger partial charge in [0.2, 0.25) is 0 Å². The maximum Gasteiger partial charge on any atom is 0.123 e. The highest BCUT2D eigenvalue weighted by atomic mass is 35.5. The third kappa shape index (κ3) is 2.80. The van der Waals surface area contributed by atoms with Gasteiger partial charge in [0.05, 0.1) is 0 Å². The minimum absolute atomic E-state index is 0.376. The van der Waals surface area contributed by atoms with Gasteiger partial charge in [0.15, 0.2) is 0 Å². The van der Waals surface area contributed by atoms with Crippen LogP contribution in [0, 0.1) is 5.82 Å². The molecule has 1 nitrogen and oxygen atoms in total. The first kappa shape index (κ1) is 14.0. The van der Waals surface area contributed by atoms with E-state index >= 15 is 0 Å². The van der Waals surface area contributed by atoms with E-state index in [0.717, 1.165) is 12.0 Å². The van der Waals surface area contributed by atoms with Crippen molar-refractivity contribution in [3.8, 4) is 0 Å². The standard InChI is InChI=1S/C16H16ClFO/c1-2-10-16(19,12-6-4-3-5-7-12)14-11-13(18)8-9-15(14)17/h3-9,11,19H,2,10H2,1H3. The summed E-state index contributed by atoms with van der Waals surface area (Å²) in [5.74, 6) is -0.398. The molecule has 1 atom stereocenters. The van der Waals surface area contributed by atoms with Gasteiger partial charge in [0.1, 0.15) is 11.4 Å². The molecule has 2 aromatic rings. The van der Waals surface area contributed by atoms with Gasteiger partial charge >= 0.3 is 0 Å². The quantitative estimate of drug-likeness (QED) is 0.872. The minimum Gasteiger partial charge on any atom is -0.380 e. The molecular weight excluding hydrogens is 263 g/mol. The maximum atomic E-state index is 13.5. The summed E-state index contributed by atoms with van der Waals surface area (Å²) in [6.45, 7) is 1.97. The highest BCUT2D eigenvalue weighted by Crippen LogP contribution is 2.38. The molecule has 3 heteroatoms. The molecule has 0 amide bonds. The monoisotopic (exact) mass is 278 g/mol. The van der Waals surface area contributed by atoms with Gasteiger partial charge in [-0.05, 0) is 30.2 Å². The lowest BCUT2D eigenvalue weighted by atomic mass is 9.82. The average molecular weight is 279 g/mol. The van der Waals surface area contributed by atoms with Gasteiger partial charge in [-0.3, -0.25) is 0 Å². The molecule has 19 heavy (non-hydrogen) atoms. The number of halogens is 2. The van der Waals surface area contributed by atoms with E-state index in [2.05, 4.69) is 0 Å². The van der Waals surface area contributed by atoms with E-state index in [-0.39, 0.29) is 0 Å². The van der Waals surface area contributed by atoms with Crippen LogP contribution in [-0.4, -0.2) is 5.11 Å². The number of aliphatic hydroxyl groups is 1. The summed E-state index contributed by atoms with van der Waals surface area (Å²) >= 11 is 6.14. The lowest BCUT2D eigenvalue weighted by Crippen LogP contribution is -2.27. The Morgan fingerprint density at radius 1 is 1.16 bits per heavy atom. The Kier molecular flexibility index (Phi) is 4.23. The molecule has 0 saturated carbocycles. The fourth-order valence-electron chi connectivity index (χ4n) is 2.32. The van der Waals surface area contributed by atoms with Crippen LogP contribution in [0.2, 0.25) is 5.02 Å². The molecule has 0 saturated heterocycles. The number of benzene rings is 2. The molecule has 1 N–H and O–H groups in total. The average Bonchev–Trinajstić information content (AvgIpc) is 2.42. The Balaban J connectivity index is 2.59. The third-order valence-corrected chi connectivity index (χ3v) is 3.57. The number of hydrogen-bond donors (Lipinski definition) is 1. The van der Waals surface area contributed by atoms with Crippen molar-refractivity contribution >= 4 is 11.6 Å². The Bertz CT molecular complexity index is 556. The van der Waals surface area contributed by atoms with Crippen LogP contribution in [0.1, 0.15) is 30.9 Å². The van der Waals surface area contributed by atoms with Gasteiger partial charge in [-0.1, -0.05) is 55.3 Å². The molecule has 0 heterocycles. The van der Waals surface area contributed by atoms with Gasteiger partial charge in [-0.2, -0.15) is 0 Å². The second-order valence-corrected chi connectivity index (χ2v) is 5.01. The lowest BCUT2D eigenvalue weighted by molar-refractivity contribution is 0.0699. The molecule has 0 radical (unpaired) electrons. The van der Waals surface area contributed by atoms with Crippen molar-refractivity contribution in [2.45, 2.75) is 25.4 Å². The molecular formula is C16H16ClFO. The predicted molar refractivity (Wildman–Crippen MR) is 75.8 cm³/mol. The van der Waals surface area contributed by atoms with E-state index in [9.17, 15) is 9.50 Å². The second-order valence-electron chi connectivity index (χ2n) is 4.60. The van der Waals surface area contributed by atoms with Crippen LogP contribution in [0.4, 0.5) is 4.39 Å². The molecule has 2 rings (SSSR count). The van der Waals surface area contributed by atoms with Crippen molar-refractivity contribution in [2.75, 3.05) is 0 Å². The van der Waals surface area contributed by atoms with Crippen molar-refractivity contribution in [1.82, 2.24) is 0 Å². The molecule has 0 bridgehead atoms. The van der Waals surface area contributed by atoms with Crippen LogP contribution in [0.15, 0.2) is 48.5 Å². The van der Waals surface area contributed by atoms with Gasteiger partial charge in [-0.15, -0.1) is 0 Å². The van der Waals surface area contributed by atoms with Gasteiger partial charge in [0.25, 0.3) is 0 Å². The Morgan fingerprint density at radius 2 is 1.84 bits per heavy atom. The van der Waals surface area contributed by atoms with Crippen LogP contribution in [0.3, 0.4) is 0 Å². The summed E-state index contributed by atoms with van der Waals surface area (Å²) < 4.78 is 13.5. The van der Waals surface area contributed by atoms with Crippen LogP contribution >= 0.6 is 11.6 Å². The molecule has 0 fully saturated rings. The molecule has 0 aliphatic heterocycles. The molecule has 0 aliphatic rings. The van der Waals surface area contributed by atoms with Crippen molar-refractivity contribution in [3.05, 3.63) is 70.5 Å². The molecule has 100 valence electrons. The highest BCUT2D eigenvalue weighted by molar-refractivity contribution is 6.31. The van der Waals surface area contributed by atoms with E-state index in [4.69, 9.17) is 11.6 Å². The fraction of sp³-hybridized carbons (Fsp3) is 0.250. The Morgan fingerprint density at radius 3 is 2.47 bits per heavy atom. The SMILES string of the molecule is CCCC(O)(c1ccccc1)c1cc(F)ccc1Cl. The van der Waals surface area contributed by atoms with Crippen LogP contribution < -0.4 is 0 Å². The minimum atomic E-state index is -1.25. The maximum absolute atomic E-state index is 13.5. The molecule has 2 aromatic carbocycles. The second kappa shape index (κ2) is 5.72. The molecule has 0 aliphatic carbocycles. The van der Waals surface area contributed by atoms with Crippen LogP contribution in [-0.2, 0) is 5.60 Å². The first-order chi connectivity index (χ1) is 9.08. The van der Waals surface area contributed by atoms with E-state index in [1.165, 1.54) is 18.2 Å². The summed E-state index contributed by atoms with van der Waals surface area (Å²) in [5, 5.41) is 11.4. The van der Waals surface area contributed by atoms with Crippen molar-refractivity contribution in [3.63, 3.8) is 0 Å². The van der Waals surface area contributed by atoms with Crippen LogP contribution in [0.25, 0.3) is 0 Å². The van der Waals surface area contributed by atoms with Crippen molar-refractivity contribution in [1.29, 1.82) is 0 Å². The predicted octanol–water partition coefficient (Wildman–Crippen LogP) is 4.52. The Labute approximate surface area is 117 Å². The van der Waals surface area contributed by atoms with E-state index in [0.29, 0.717) is 17.0 Å². The third-order valence-electron chi connectivity index (χ3n) is 3.24. The zero-order valence-corrected chi connectivity index (χ0v) is 11.5. The lowest BCUT2D eigenvalue weighted by Gasteiger charge is -2.30. The van der Waals surface area contributed by atoms with Gasteiger partial charge in [0, 0.05) is 10.6 Å². The number of rotatable bonds is 4. The largest absolute Gasteiger partial charge is 0.380 e. The summed E-state index contributed by atoms with van der Waals surface area (Å²) in [6.07, 6.45) is 1.25. The summed E-state index contributed by atoms with van der Waals surface area (Å²) in [4.78, 5) is 0. The fourth-order valence-corrected chi connectivity index (χ4v) is 2.60. The topological polar surface area (TPSA) is 20.2 Å². The van der Waals surface area contributed by atoms with Crippen molar-refractivity contribution in [2.24, 2.45) is 0 Å². The van der Waals surface area contributed by atoms with Gasteiger partial charge < -0.3 is 5.11 Å².